The number of carbonyl (C=O) groups is 1. The number of nitrogens with zero attached hydrogens (tertiary/aromatic N) is 2. The second-order valence-corrected chi connectivity index (χ2v) is 6.23. The monoisotopic (exact) mass is 377 g/mol. The number of nitrogen functional groups attached to an aromatic ring is 1. The lowest BCUT2D eigenvalue weighted by atomic mass is 10.1. The van der Waals surface area contributed by atoms with Crippen molar-refractivity contribution in [3.63, 3.8) is 0 Å². The van der Waals surface area contributed by atoms with Gasteiger partial charge in [-0.05, 0) is 22.9 Å². The van der Waals surface area contributed by atoms with Crippen molar-refractivity contribution in [2.75, 3.05) is 12.3 Å². The highest BCUT2D eigenvalue weighted by molar-refractivity contribution is 9.10. The third kappa shape index (κ3) is 2.57. The zero-order chi connectivity index (χ0) is 15.7. The average molecular weight is 378 g/mol. The van der Waals surface area contributed by atoms with Crippen molar-refractivity contribution in [3.05, 3.63) is 39.7 Å². The molecule has 0 radical (unpaired) electrons. The maximum absolute atomic E-state index is 12.0. The lowest BCUT2D eigenvalue weighted by molar-refractivity contribution is 0.0531. The minimum atomic E-state index is -0.380. The molecule has 0 saturated carbocycles. The van der Waals surface area contributed by atoms with E-state index in [1.54, 1.807) is 6.92 Å². The van der Waals surface area contributed by atoms with Gasteiger partial charge < -0.3 is 10.5 Å². The van der Waals surface area contributed by atoms with E-state index in [9.17, 15) is 4.79 Å². The molecule has 3 aromatic rings. The molecule has 2 N–H and O–H groups in total. The second-order valence-electron chi connectivity index (χ2n) is 4.44. The normalized spacial score (nSPS) is 10.8. The summed E-state index contributed by atoms with van der Waals surface area (Å²) in [5.74, 6) is -0.203. The molecule has 2 aromatic heterocycles. The highest BCUT2D eigenvalue weighted by Gasteiger charge is 2.22. The van der Waals surface area contributed by atoms with Crippen LogP contribution in [0.25, 0.3) is 21.5 Å². The lowest BCUT2D eigenvalue weighted by Gasteiger charge is -2.04. The average Bonchev–Trinajstić information content (AvgIpc) is 2.84. The first-order valence-electron chi connectivity index (χ1n) is 6.60. The van der Waals surface area contributed by atoms with Crippen molar-refractivity contribution < 1.29 is 9.53 Å². The summed E-state index contributed by atoms with van der Waals surface area (Å²) in [7, 11) is 0. The number of hydrogen-bond acceptors (Lipinski definition) is 6. The Morgan fingerprint density at radius 3 is 2.73 bits per heavy atom. The van der Waals surface area contributed by atoms with E-state index in [0.717, 1.165) is 10.9 Å². The van der Waals surface area contributed by atoms with Crippen molar-refractivity contribution in [1.82, 2.24) is 9.97 Å². The zero-order valence-electron chi connectivity index (χ0n) is 11.7. The predicted octanol–water partition coefficient (Wildman–Crippen LogP) is 3.88. The Kier molecular flexibility index (Phi) is 4.08. The standard InChI is InChI=1S/C15H12BrN3O2S/c1-2-21-14(20)12-10(16)9-11(8-6-4-3-5-7-8)18-15(17)19-13(9)22-12/h3-7H,2H2,1H3,(H2,17,18,19). The van der Waals surface area contributed by atoms with Crippen LogP contribution in [0.5, 0.6) is 0 Å². The predicted molar refractivity (Wildman–Crippen MR) is 90.9 cm³/mol. The molecule has 2 heterocycles. The van der Waals surface area contributed by atoms with Crippen LogP contribution in [-0.2, 0) is 4.74 Å². The highest BCUT2D eigenvalue weighted by Crippen LogP contribution is 2.40. The summed E-state index contributed by atoms with van der Waals surface area (Å²) in [5.41, 5.74) is 7.42. The van der Waals surface area contributed by atoms with Gasteiger partial charge in [0.25, 0.3) is 0 Å². The molecule has 0 aliphatic rings. The van der Waals surface area contributed by atoms with Crippen LogP contribution in [0.15, 0.2) is 34.8 Å². The number of anilines is 1. The Morgan fingerprint density at radius 2 is 2.05 bits per heavy atom. The van der Waals surface area contributed by atoms with Crippen molar-refractivity contribution in [2.24, 2.45) is 0 Å². The Bertz CT molecular complexity index is 849. The molecule has 0 amide bonds. The number of benzene rings is 1. The van der Waals surface area contributed by atoms with Crippen LogP contribution < -0.4 is 5.73 Å². The number of ether oxygens (including phenoxy) is 1. The smallest absolute Gasteiger partial charge is 0.349 e. The summed E-state index contributed by atoms with van der Waals surface area (Å²) in [4.78, 5) is 21.7. The minimum absolute atomic E-state index is 0.176. The highest BCUT2D eigenvalue weighted by atomic mass is 79.9. The van der Waals surface area contributed by atoms with Crippen LogP contribution in [0, 0.1) is 0 Å². The molecule has 0 aliphatic heterocycles. The lowest BCUT2D eigenvalue weighted by Crippen LogP contribution is -2.02. The van der Waals surface area contributed by atoms with Gasteiger partial charge in [0.15, 0.2) is 0 Å². The molecule has 1 aromatic carbocycles. The molecule has 0 saturated heterocycles. The van der Waals surface area contributed by atoms with Crippen LogP contribution in [0.3, 0.4) is 0 Å². The third-order valence-corrected chi connectivity index (χ3v) is 5.14. The number of halogens is 1. The van der Waals surface area contributed by atoms with Crippen LogP contribution in [0.2, 0.25) is 0 Å². The number of aromatic nitrogens is 2. The number of hydrogen-bond donors (Lipinski definition) is 1. The fourth-order valence-corrected chi connectivity index (χ4v) is 3.99. The molecule has 7 heteroatoms. The zero-order valence-corrected chi connectivity index (χ0v) is 14.1. The number of rotatable bonds is 3. The Hall–Kier alpha value is -1.99. The van der Waals surface area contributed by atoms with Crippen molar-refractivity contribution in [3.8, 4) is 11.3 Å². The molecular formula is C15H12BrN3O2S. The summed E-state index contributed by atoms with van der Waals surface area (Å²) in [5, 5.41) is 0.772. The van der Waals surface area contributed by atoms with Gasteiger partial charge in [-0.25, -0.2) is 14.8 Å². The molecular weight excluding hydrogens is 366 g/mol. The fraction of sp³-hybridized carbons (Fsp3) is 0.133. The van der Waals surface area contributed by atoms with E-state index in [0.29, 0.717) is 26.5 Å². The van der Waals surface area contributed by atoms with Crippen molar-refractivity contribution in [1.29, 1.82) is 0 Å². The Balaban J connectivity index is 2.27. The largest absolute Gasteiger partial charge is 0.462 e. The first-order chi connectivity index (χ1) is 10.6. The van der Waals surface area contributed by atoms with Gasteiger partial charge in [0.1, 0.15) is 9.71 Å². The van der Waals surface area contributed by atoms with Gasteiger partial charge in [-0.1, -0.05) is 30.3 Å². The van der Waals surface area contributed by atoms with Crippen LogP contribution in [-0.4, -0.2) is 22.5 Å². The minimum Gasteiger partial charge on any atom is -0.462 e. The molecule has 22 heavy (non-hydrogen) atoms. The summed E-state index contributed by atoms with van der Waals surface area (Å²) in [6.45, 7) is 2.09. The van der Waals surface area contributed by atoms with Gasteiger partial charge in [0.05, 0.1) is 22.2 Å². The molecule has 5 nitrogen and oxygen atoms in total. The van der Waals surface area contributed by atoms with E-state index in [2.05, 4.69) is 25.9 Å². The van der Waals surface area contributed by atoms with Crippen molar-refractivity contribution in [2.45, 2.75) is 6.92 Å². The van der Waals surface area contributed by atoms with E-state index >= 15 is 0 Å². The summed E-state index contributed by atoms with van der Waals surface area (Å²) in [6.07, 6.45) is 0. The van der Waals surface area contributed by atoms with Gasteiger partial charge in [0.2, 0.25) is 5.95 Å². The maximum atomic E-state index is 12.0. The number of fused-ring (bicyclic) bond motifs is 1. The van der Waals surface area contributed by atoms with E-state index in [1.807, 2.05) is 30.3 Å². The first kappa shape index (κ1) is 14.9. The fourth-order valence-electron chi connectivity index (χ4n) is 2.12. The SMILES string of the molecule is CCOC(=O)c1sc2nc(N)nc(-c3ccccc3)c2c1Br. The summed E-state index contributed by atoms with van der Waals surface area (Å²) < 4.78 is 5.72. The van der Waals surface area contributed by atoms with E-state index in [-0.39, 0.29) is 11.9 Å². The van der Waals surface area contributed by atoms with E-state index in [4.69, 9.17) is 10.5 Å². The topological polar surface area (TPSA) is 78.1 Å². The van der Waals surface area contributed by atoms with Gasteiger partial charge >= 0.3 is 5.97 Å². The number of thiophene rings is 1. The quantitative estimate of drug-likeness (QED) is 0.700. The summed E-state index contributed by atoms with van der Waals surface area (Å²) in [6, 6.07) is 9.65. The number of nitrogens with two attached hydrogens (primary N) is 1. The van der Waals surface area contributed by atoms with Gasteiger partial charge in [-0.15, -0.1) is 11.3 Å². The molecule has 0 bridgehead atoms. The molecule has 0 aliphatic carbocycles. The molecule has 112 valence electrons. The van der Waals surface area contributed by atoms with Crippen LogP contribution in [0.1, 0.15) is 16.6 Å². The molecule has 0 spiro atoms. The van der Waals surface area contributed by atoms with Crippen molar-refractivity contribution >= 4 is 49.4 Å². The third-order valence-electron chi connectivity index (χ3n) is 3.02. The van der Waals surface area contributed by atoms with Crippen LogP contribution in [0.4, 0.5) is 5.95 Å². The van der Waals surface area contributed by atoms with Crippen LogP contribution >= 0.6 is 27.3 Å². The molecule has 3 rings (SSSR count). The van der Waals surface area contributed by atoms with E-state index in [1.165, 1.54) is 11.3 Å². The van der Waals surface area contributed by atoms with E-state index < -0.39 is 0 Å². The Morgan fingerprint density at radius 1 is 1.32 bits per heavy atom. The second kappa shape index (κ2) is 6.02. The number of esters is 1. The molecule has 0 fully saturated rings. The maximum Gasteiger partial charge on any atom is 0.349 e. The number of carbonyl (C=O) groups excluding carboxylic acids is 1. The first-order valence-corrected chi connectivity index (χ1v) is 8.20. The van der Waals surface area contributed by atoms with Gasteiger partial charge in [-0.2, -0.15) is 0 Å². The van der Waals surface area contributed by atoms with Gasteiger partial charge in [0, 0.05) is 5.56 Å². The molecule has 0 unspecified atom stereocenters. The Labute approximate surface area is 139 Å². The molecule has 0 atom stereocenters. The summed E-state index contributed by atoms with van der Waals surface area (Å²) >= 11 is 4.73. The van der Waals surface area contributed by atoms with Gasteiger partial charge in [-0.3, -0.25) is 0 Å².